The minimum Gasteiger partial charge on any atom is -0.366 e. The van der Waals surface area contributed by atoms with Gasteiger partial charge in [-0.05, 0) is 6.92 Å². The van der Waals surface area contributed by atoms with Crippen molar-refractivity contribution in [1.82, 2.24) is 0 Å². The molecular formula is C22H26O6. The number of hydrogen-bond acceptors (Lipinski definition) is 6. The topological polar surface area (TPSA) is 55.4 Å². The molecule has 0 aromatic rings. The Labute approximate surface area is 168 Å². The van der Waals surface area contributed by atoms with E-state index in [0.29, 0.717) is 0 Å². The highest BCUT2D eigenvalue weighted by molar-refractivity contribution is 4.88. The maximum absolute atomic E-state index is 6.02. The van der Waals surface area contributed by atoms with Gasteiger partial charge >= 0.3 is 0 Å². The Kier molecular flexibility index (Phi) is 16.4. The van der Waals surface area contributed by atoms with Gasteiger partial charge in [-0.3, -0.25) is 0 Å². The first-order valence-electron chi connectivity index (χ1n) is 8.47. The average molecular weight is 386 g/mol. The van der Waals surface area contributed by atoms with Crippen molar-refractivity contribution in [3.8, 4) is 61.7 Å². The van der Waals surface area contributed by atoms with Crippen LogP contribution in [0, 0.1) is 61.7 Å². The molecule has 0 aromatic carbocycles. The second-order valence-corrected chi connectivity index (χ2v) is 5.27. The molecular weight excluding hydrogens is 360 g/mol. The van der Waals surface area contributed by atoms with E-state index in [4.69, 9.17) is 60.5 Å². The molecule has 0 saturated heterocycles. The van der Waals surface area contributed by atoms with Crippen LogP contribution in [0.25, 0.3) is 0 Å². The van der Waals surface area contributed by atoms with Gasteiger partial charge in [-0.25, -0.2) is 0 Å². The molecule has 0 saturated carbocycles. The number of terminal acetylenes is 5. The molecule has 0 aliphatic heterocycles. The van der Waals surface area contributed by atoms with Crippen molar-refractivity contribution in [3.05, 3.63) is 0 Å². The highest BCUT2D eigenvalue weighted by atomic mass is 16.7. The smallest absolute Gasteiger partial charge is 0.187 e. The molecule has 0 aliphatic rings. The number of rotatable bonds is 16. The highest BCUT2D eigenvalue weighted by Crippen LogP contribution is 2.15. The van der Waals surface area contributed by atoms with Crippen LogP contribution in [0.2, 0.25) is 0 Å². The minimum absolute atomic E-state index is 0.0186. The quantitative estimate of drug-likeness (QED) is 0.221. The highest BCUT2D eigenvalue weighted by Gasteiger charge is 2.30. The molecule has 150 valence electrons. The maximum atomic E-state index is 6.02. The Bertz CT molecular complexity index is 609. The Morgan fingerprint density at radius 1 is 0.607 bits per heavy atom. The summed E-state index contributed by atoms with van der Waals surface area (Å²) in [6, 6.07) is 0. The van der Waals surface area contributed by atoms with E-state index in [0.717, 1.165) is 0 Å². The molecule has 0 heterocycles. The third-order valence-corrected chi connectivity index (χ3v) is 3.21. The van der Waals surface area contributed by atoms with Crippen molar-refractivity contribution in [3.63, 3.8) is 0 Å². The predicted molar refractivity (Wildman–Crippen MR) is 106 cm³/mol. The fourth-order valence-corrected chi connectivity index (χ4v) is 1.94. The molecule has 0 radical (unpaired) electrons. The lowest BCUT2D eigenvalue weighted by molar-refractivity contribution is -0.249. The molecule has 0 amide bonds. The van der Waals surface area contributed by atoms with E-state index < -0.39 is 24.6 Å². The molecule has 4 atom stereocenters. The molecule has 2 unspecified atom stereocenters. The first kappa shape index (κ1) is 25.6. The summed E-state index contributed by atoms with van der Waals surface area (Å²) in [4.78, 5) is 0. The van der Waals surface area contributed by atoms with Gasteiger partial charge in [0.1, 0.15) is 45.2 Å². The molecule has 28 heavy (non-hydrogen) atoms. The van der Waals surface area contributed by atoms with Crippen LogP contribution >= 0.6 is 0 Å². The van der Waals surface area contributed by atoms with E-state index in [-0.39, 0.29) is 46.2 Å². The van der Waals surface area contributed by atoms with Crippen LogP contribution in [0.3, 0.4) is 0 Å². The van der Waals surface area contributed by atoms with Crippen LogP contribution < -0.4 is 0 Å². The second-order valence-electron chi connectivity index (χ2n) is 5.27. The monoisotopic (exact) mass is 386 g/mol. The van der Waals surface area contributed by atoms with Crippen molar-refractivity contribution in [2.75, 3.05) is 46.2 Å². The zero-order valence-corrected chi connectivity index (χ0v) is 16.1. The largest absolute Gasteiger partial charge is 0.366 e. The minimum atomic E-state index is -0.918. The fourth-order valence-electron chi connectivity index (χ4n) is 1.94. The summed E-state index contributed by atoms with van der Waals surface area (Å²) in [5, 5.41) is 0. The third kappa shape index (κ3) is 12.0. The van der Waals surface area contributed by atoms with Crippen LogP contribution in [0.1, 0.15) is 6.92 Å². The van der Waals surface area contributed by atoms with Gasteiger partial charge in [0.15, 0.2) is 6.29 Å². The lowest BCUT2D eigenvalue weighted by Crippen LogP contribution is -2.45. The lowest BCUT2D eigenvalue weighted by Gasteiger charge is -2.32. The van der Waals surface area contributed by atoms with Crippen LogP contribution in [-0.4, -0.2) is 70.9 Å². The van der Waals surface area contributed by atoms with Crippen molar-refractivity contribution >= 4 is 0 Å². The van der Waals surface area contributed by atoms with Crippen molar-refractivity contribution < 1.29 is 28.4 Å². The van der Waals surface area contributed by atoms with Crippen LogP contribution in [0.4, 0.5) is 0 Å². The summed E-state index contributed by atoms with van der Waals surface area (Å²) >= 11 is 0. The first-order chi connectivity index (χ1) is 13.6. The fraction of sp³-hybridized carbons (Fsp3) is 0.545. The second kappa shape index (κ2) is 17.9. The van der Waals surface area contributed by atoms with Gasteiger partial charge in [-0.15, -0.1) is 32.1 Å². The van der Waals surface area contributed by atoms with E-state index >= 15 is 0 Å². The van der Waals surface area contributed by atoms with E-state index in [1.54, 1.807) is 6.92 Å². The molecule has 0 aliphatic carbocycles. The SMILES string of the molecule is C#CCOCC(OC(OCC#C)[C@H](COCC#C)OCC#C)[C@H](C)OCC#C. The molecule has 0 fully saturated rings. The van der Waals surface area contributed by atoms with Crippen molar-refractivity contribution in [2.45, 2.75) is 31.5 Å². The third-order valence-electron chi connectivity index (χ3n) is 3.21. The van der Waals surface area contributed by atoms with Crippen molar-refractivity contribution in [2.24, 2.45) is 0 Å². The Balaban J connectivity index is 5.28. The molecule has 0 spiro atoms. The summed E-state index contributed by atoms with van der Waals surface area (Å²) in [6.45, 7) is 2.31. The van der Waals surface area contributed by atoms with Gasteiger partial charge in [0.05, 0.1) is 19.3 Å². The van der Waals surface area contributed by atoms with Gasteiger partial charge in [0.25, 0.3) is 0 Å². The maximum Gasteiger partial charge on any atom is 0.187 e. The normalized spacial score (nSPS) is 14.3. The average Bonchev–Trinajstić information content (AvgIpc) is 2.70. The van der Waals surface area contributed by atoms with E-state index in [9.17, 15) is 0 Å². The van der Waals surface area contributed by atoms with Crippen LogP contribution in [-0.2, 0) is 28.4 Å². The van der Waals surface area contributed by atoms with Crippen LogP contribution in [0.5, 0.6) is 0 Å². The summed E-state index contributed by atoms with van der Waals surface area (Å²) in [7, 11) is 0. The number of ether oxygens (including phenoxy) is 6. The summed E-state index contributed by atoms with van der Waals surface area (Å²) < 4.78 is 33.5. The summed E-state index contributed by atoms with van der Waals surface area (Å²) in [5.41, 5.74) is 0. The molecule has 0 aromatic heterocycles. The number of hydrogen-bond donors (Lipinski definition) is 0. The van der Waals surface area contributed by atoms with Gasteiger partial charge in [-0.2, -0.15) is 0 Å². The Morgan fingerprint density at radius 2 is 1.07 bits per heavy atom. The zero-order valence-electron chi connectivity index (χ0n) is 16.1. The lowest BCUT2D eigenvalue weighted by atomic mass is 10.2. The molecule has 6 nitrogen and oxygen atoms in total. The van der Waals surface area contributed by atoms with E-state index in [2.05, 4.69) is 29.6 Å². The van der Waals surface area contributed by atoms with Crippen LogP contribution in [0.15, 0.2) is 0 Å². The van der Waals surface area contributed by atoms with Crippen molar-refractivity contribution in [1.29, 1.82) is 0 Å². The Morgan fingerprint density at radius 3 is 1.61 bits per heavy atom. The van der Waals surface area contributed by atoms with Gasteiger partial charge in [-0.1, -0.05) is 29.6 Å². The molecule has 0 N–H and O–H groups in total. The summed E-state index contributed by atoms with van der Waals surface area (Å²) in [6.07, 6.45) is 23.6. The molecule has 0 bridgehead atoms. The van der Waals surface area contributed by atoms with E-state index in [1.807, 2.05) is 0 Å². The molecule has 0 rings (SSSR count). The molecule has 6 heteroatoms. The van der Waals surface area contributed by atoms with Gasteiger partial charge in [0.2, 0.25) is 0 Å². The van der Waals surface area contributed by atoms with E-state index in [1.165, 1.54) is 0 Å². The summed E-state index contributed by atoms with van der Waals surface area (Å²) in [5.74, 6) is 11.9. The van der Waals surface area contributed by atoms with Gasteiger partial charge < -0.3 is 28.4 Å². The standard InChI is InChI=1S/C22H26O6/c1-7-12-23-17-20(19(6)25-14-9-3)28-22(27-16-11-5)21(26-15-10-4)18-24-13-8-2/h1-5,19-22H,12-18H2,6H3/t19-,20?,21-,22?/m0/s1. The van der Waals surface area contributed by atoms with Gasteiger partial charge in [0, 0.05) is 0 Å². The Hall–Kier alpha value is -2.44. The predicted octanol–water partition coefficient (Wildman–Crippen LogP) is 0.704. The zero-order chi connectivity index (χ0) is 21.0. The first-order valence-corrected chi connectivity index (χ1v) is 8.47.